The molecule has 1 heterocycles. The van der Waals surface area contributed by atoms with Crippen molar-refractivity contribution in [2.24, 2.45) is 12.0 Å². The Labute approximate surface area is 184 Å². The average molecular weight is 502 g/mol. The van der Waals surface area contributed by atoms with Crippen LogP contribution < -0.4 is 5.32 Å². The summed E-state index contributed by atoms with van der Waals surface area (Å²) in [4.78, 5) is 6.96. The Balaban J connectivity index is 0.00000364. The Hall–Kier alpha value is -1.29. The highest BCUT2D eigenvalue weighted by atomic mass is 127. The molecule has 150 valence electrons. The molecule has 0 aliphatic heterocycles. The van der Waals surface area contributed by atoms with Crippen molar-refractivity contribution in [3.8, 4) is 0 Å². The molecule has 8 heteroatoms. The Bertz CT molecular complexity index is 731. The minimum absolute atomic E-state index is 0. The molecule has 0 fully saturated rings. The van der Waals surface area contributed by atoms with Crippen molar-refractivity contribution in [2.45, 2.75) is 33.4 Å². The average Bonchev–Trinajstić information content (AvgIpc) is 2.95. The number of aliphatic imine (C=N–C) groups is 1. The van der Waals surface area contributed by atoms with E-state index < -0.39 is 0 Å². The fourth-order valence-electron chi connectivity index (χ4n) is 2.58. The first-order valence-electron chi connectivity index (χ1n) is 8.90. The normalized spacial score (nSPS) is 11.2. The van der Waals surface area contributed by atoms with E-state index in [1.807, 2.05) is 30.3 Å². The summed E-state index contributed by atoms with van der Waals surface area (Å²) in [5, 5.41) is 11.8. The van der Waals surface area contributed by atoms with Gasteiger partial charge < -0.3 is 14.8 Å². The Morgan fingerprint density at radius 1 is 1.26 bits per heavy atom. The van der Waals surface area contributed by atoms with Gasteiger partial charge in [-0.1, -0.05) is 24.3 Å². The van der Waals surface area contributed by atoms with E-state index in [9.17, 15) is 0 Å². The number of hydrogen-bond acceptors (Lipinski definition) is 4. The van der Waals surface area contributed by atoms with Gasteiger partial charge in [0.2, 0.25) is 0 Å². The molecule has 1 aromatic heterocycles. The van der Waals surface area contributed by atoms with Gasteiger partial charge in [0.25, 0.3) is 0 Å². The number of aromatic nitrogens is 3. The summed E-state index contributed by atoms with van der Waals surface area (Å²) in [7, 11) is 4.05. The summed E-state index contributed by atoms with van der Waals surface area (Å²) in [6.45, 7) is 6.34. The lowest BCUT2D eigenvalue weighted by atomic mass is 10.1. The Morgan fingerprint density at radius 3 is 2.63 bits per heavy atom. The third kappa shape index (κ3) is 7.33. The highest BCUT2D eigenvalue weighted by Crippen LogP contribution is 2.10. The summed E-state index contributed by atoms with van der Waals surface area (Å²) >= 11 is 1.87. The number of hydrogen-bond donors (Lipinski definition) is 1. The SMILES string of the molecule is CSCCCNC(=NCc1nnc(C)n1C)N(C)Cc1ccccc1C.I. The van der Waals surface area contributed by atoms with Crippen molar-refractivity contribution in [1.29, 1.82) is 0 Å². The van der Waals surface area contributed by atoms with Crippen molar-refractivity contribution < 1.29 is 0 Å². The first kappa shape index (κ1) is 23.7. The number of halogens is 1. The number of guanidine groups is 1. The summed E-state index contributed by atoms with van der Waals surface area (Å²) in [5.41, 5.74) is 2.60. The largest absolute Gasteiger partial charge is 0.356 e. The molecule has 0 saturated carbocycles. The van der Waals surface area contributed by atoms with Crippen molar-refractivity contribution in [1.82, 2.24) is 25.0 Å². The van der Waals surface area contributed by atoms with Crippen molar-refractivity contribution in [2.75, 3.05) is 25.6 Å². The number of aryl methyl sites for hydroxylation is 2. The van der Waals surface area contributed by atoms with Crippen molar-refractivity contribution in [3.05, 3.63) is 47.0 Å². The maximum absolute atomic E-state index is 4.79. The van der Waals surface area contributed by atoms with Gasteiger partial charge in [0.15, 0.2) is 11.8 Å². The number of thioether (sulfide) groups is 1. The molecule has 0 bridgehead atoms. The zero-order valence-electron chi connectivity index (χ0n) is 16.9. The van der Waals surface area contributed by atoms with Crippen LogP contribution in [0.15, 0.2) is 29.3 Å². The van der Waals surface area contributed by atoms with E-state index in [1.54, 1.807) is 0 Å². The van der Waals surface area contributed by atoms with E-state index in [1.165, 1.54) is 11.1 Å². The molecule has 0 aliphatic carbocycles. The van der Waals surface area contributed by atoms with Crippen LogP contribution in [0, 0.1) is 13.8 Å². The predicted molar refractivity (Wildman–Crippen MR) is 126 cm³/mol. The van der Waals surface area contributed by atoms with Crippen molar-refractivity contribution >= 4 is 41.7 Å². The summed E-state index contributed by atoms with van der Waals surface area (Å²) in [6, 6.07) is 8.48. The fourth-order valence-corrected chi connectivity index (χ4v) is 3.01. The third-order valence-corrected chi connectivity index (χ3v) is 5.09. The van der Waals surface area contributed by atoms with E-state index in [0.717, 1.165) is 42.9 Å². The molecule has 1 N–H and O–H groups in total. The molecule has 2 aromatic rings. The van der Waals surface area contributed by atoms with Gasteiger partial charge in [0.1, 0.15) is 12.4 Å². The number of nitrogens with zero attached hydrogens (tertiary/aromatic N) is 5. The molecule has 0 aliphatic rings. The summed E-state index contributed by atoms with van der Waals surface area (Å²) in [5.74, 6) is 3.81. The topological polar surface area (TPSA) is 58.3 Å². The van der Waals surface area contributed by atoms with E-state index in [2.05, 4.69) is 64.9 Å². The molecular formula is C19H31IN6S. The second-order valence-electron chi connectivity index (χ2n) is 6.42. The Kier molecular flexibility index (Phi) is 10.8. The van der Waals surface area contributed by atoms with E-state index in [4.69, 9.17) is 4.99 Å². The highest BCUT2D eigenvalue weighted by molar-refractivity contribution is 14.0. The molecule has 6 nitrogen and oxygen atoms in total. The maximum atomic E-state index is 4.79. The van der Waals surface area contributed by atoms with Crippen molar-refractivity contribution in [3.63, 3.8) is 0 Å². The highest BCUT2D eigenvalue weighted by Gasteiger charge is 2.10. The van der Waals surface area contributed by atoms with E-state index in [0.29, 0.717) is 6.54 Å². The van der Waals surface area contributed by atoms with Crippen LogP contribution in [-0.4, -0.2) is 51.2 Å². The minimum atomic E-state index is 0. The van der Waals surface area contributed by atoms with E-state index in [-0.39, 0.29) is 24.0 Å². The standard InChI is InChI=1S/C19H30N6S.HI/c1-15-9-6-7-10-17(15)14-24(3)19(20-11-8-12-26-5)21-13-18-23-22-16(2)25(18)4;/h6-7,9-10H,8,11-14H2,1-5H3,(H,20,21);1H. The van der Waals surface area contributed by atoms with Crippen LogP contribution >= 0.6 is 35.7 Å². The van der Waals surface area contributed by atoms with Gasteiger partial charge >= 0.3 is 0 Å². The summed E-state index contributed by atoms with van der Waals surface area (Å²) < 4.78 is 1.98. The zero-order chi connectivity index (χ0) is 18.9. The van der Waals surface area contributed by atoms with Crippen LogP contribution in [0.4, 0.5) is 0 Å². The van der Waals surface area contributed by atoms with Crippen LogP contribution in [-0.2, 0) is 20.1 Å². The van der Waals surface area contributed by atoms with Gasteiger partial charge in [-0.2, -0.15) is 11.8 Å². The van der Waals surface area contributed by atoms with Crippen LogP contribution in [0.25, 0.3) is 0 Å². The third-order valence-electron chi connectivity index (χ3n) is 4.39. The van der Waals surface area contributed by atoms with Crippen LogP contribution in [0.5, 0.6) is 0 Å². The van der Waals surface area contributed by atoms with Gasteiger partial charge in [0.05, 0.1) is 0 Å². The smallest absolute Gasteiger partial charge is 0.194 e. The van der Waals surface area contributed by atoms with Gasteiger partial charge in [-0.05, 0) is 43.4 Å². The fraction of sp³-hybridized carbons (Fsp3) is 0.526. The number of benzene rings is 1. The predicted octanol–water partition coefficient (Wildman–Crippen LogP) is 3.38. The van der Waals surface area contributed by atoms with Crippen LogP contribution in [0.2, 0.25) is 0 Å². The van der Waals surface area contributed by atoms with Crippen LogP contribution in [0.3, 0.4) is 0 Å². The van der Waals surface area contributed by atoms with Gasteiger partial charge in [0, 0.05) is 27.2 Å². The first-order chi connectivity index (χ1) is 12.5. The molecule has 0 radical (unpaired) electrons. The lowest BCUT2D eigenvalue weighted by Crippen LogP contribution is -2.39. The second-order valence-corrected chi connectivity index (χ2v) is 7.40. The quantitative estimate of drug-likeness (QED) is 0.260. The molecule has 2 rings (SSSR count). The molecule has 0 amide bonds. The molecule has 0 atom stereocenters. The second kappa shape index (κ2) is 12.2. The molecule has 1 aromatic carbocycles. The molecule has 0 saturated heterocycles. The van der Waals surface area contributed by atoms with Gasteiger partial charge in [-0.3, -0.25) is 0 Å². The lowest BCUT2D eigenvalue weighted by Gasteiger charge is -2.23. The van der Waals surface area contributed by atoms with E-state index >= 15 is 0 Å². The summed E-state index contributed by atoms with van der Waals surface area (Å²) in [6.07, 6.45) is 3.25. The molecule has 27 heavy (non-hydrogen) atoms. The number of rotatable bonds is 8. The Morgan fingerprint density at radius 2 is 2.00 bits per heavy atom. The van der Waals surface area contributed by atoms with Crippen LogP contribution in [0.1, 0.15) is 29.2 Å². The monoisotopic (exact) mass is 502 g/mol. The maximum Gasteiger partial charge on any atom is 0.194 e. The van der Waals surface area contributed by atoms with Gasteiger partial charge in [-0.15, -0.1) is 34.2 Å². The lowest BCUT2D eigenvalue weighted by molar-refractivity contribution is 0.473. The molecule has 0 unspecified atom stereocenters. The van der Waals surface area contributed by atoms with Gasteiger partial charge in [-0.25, -0.2) is 4.99 Å². The minimum Gasteiger partial charge on any atom is -0.356 e. The molecular weight excluding hydrogens is 471 g/mol. The zero-order valence-corrected chi connectivity index (χ0v) is 20.0. The first-order valence-corrected chi connectivity index (χ1v) is 10.3. The number of nitrogens with one attached hydrogen (secondary N) is 1. The molecule has 0 spiro atoms.